The molecule has 7 heteroatoms. The number of aromatic nitrogens is 4. The molecule has 0 fully saturated rings. The molecule has 0 saturated heterocycles. The lowest BCUT2D eigenvalue weighted by molar-refractivity contribution is 0.0976. The number of rotatable bonds is 5. The number of nitrogens with zero attached hydrogens (tertiary/aromatic N) is 5. The standard InChI is InChI=1S/C20H19N5OS/c1-3-15-7-4-8-17-18(15)23-20(27-17)25(13-14-6-5-10-21-12-14)19(26)16-9-11-22-24(16)2/h4-12H,3,13H2,1-2H3. The van der Waals surface area contributed by atoms with Crippen molar-refractivity contribution >= 4 is 32.6 Å². The van der Waals surface area contributed by atoms with Crippen LogP contribution in [0.5, 0.6) is 0 Å². The van der Waals surface area contributed by atoms with Crippen molar-refractivity contribution in [3.8, 4) is 0 Å². The molecule has 27 heavy (non-hydrogen) atoms. The van der Waals surface area contributed by atoms with Crippen LogP contribution < -0.4 is 4.90 Å². The van der Waals surface area contributed by atoms with Gasteiger partial charge in [0.15, 0.2) is 5.13 Å². The van der Waals surface area contributed by atoms with Crippen LogP contribution in [0.15, 0.2) is 55.0 Å². The Hall–Kier alpha value is -3.06. The highest BCUT2D eigenvalue weighted by Crippen LogP contribution is 2.32. The van der Waals surface area contributed by atoms with Crippen LogP contribution in [0.4, 0.5) is 5.13 Å². The predicted molar refractivity (Wildman–Crippen MR) is 107 cm³/mol. The Balaban J connectivity index is 1.80. The van der Waals surface area contributed by atoms with Gasteiger partial charge < -0.3 is 0 Å². The molecular weight excluding hydrogens is 358 g/mol. The summed E-state index contributed by atoms with van der Waals surface area (Å²) in [4.78, 5) is 24.0. The summed E-state index contributed by atoms with van der Waals surface area (Å²) in [5, 5.41) is 4.81. The minimum atomic E-state index is -0.129. The normalized spacial score (nSPS) is 11.0. The van der Waals surface area contributed by atoms with Crippen molar-refractivity contribution in [2.24, 2.45) is 7.05 Å². The molecule has 0 unspecified atom stereocenters. The Morgan fingerprint density at radius 2 is 2.07 bits per heavy atom. The van der Waals surface area contributed by atoms with Crippen LogP contribution in [0.2, 0.25) is 0 Å². The van der Waals surface area contributed by atoms with Crippen molar-refractivity contribution in [3.05, 3.63) is 71.8 Å². The number of hydrogen-bond donors (Lipinski definition) is 0. The maximum absolute atomic E-state index is 13.3. The number of carbonyl (C=O) groups is 1. The second-order valence-corrected chi connectivity index (χ2v) is 7.22. The summed E-state index contributed by atoms with van der Waals surface area (Å²) in [6.07, 6.45) is 6.03. The average molecular weight is 377 g/mol. The van der Waals surface area contributed by atoms with E-state index < -0.39 is 0 Å². The molecule has 3 aromatic heterocycles. The van der Waals surface area contributed by atoms with E-state index in [0.29, 0.717) is 17.4 Å². The maximum atomic E-state index is 13.3. The number of hydrogen-bond acceptors (Lipinski definition) is 5. The van der Waals surface area contributed by atoms with Crippen LogP contribution in [0.3, 0.4) is 0 Å². The smallest absolute Gasteiger partial charge is 0.278 e. The molecule has 4 aromatic rings. The predicted octanol–water partition coefficient (Wildman–Crippen LogP) is 3.83. The van der Waals surface area contributed by atoms with E-state index in [2.05, 4.69) is 23.1 Å². The molecule has 0 atom stereocenters. The molecule has 1 aromatic carbocycles. The number of benzene rings is 1. The number of amides is 1. The molecule has 136 valence electrons. The van der Waals surface area contributed by atoms with Crippen molar-refractivity contribution in [1.82, 2.24) is 19.7 Å². The summed E-state index contributed by atoms with van der Waals surface area (Å²) in [6.45, 7) is 2.52. The van der Waals surface area contributed by atoms with E-state index in [0.717, 1.165) is 22.2 Å². The summed E-state index contributed by atoms with van der Waals surface area (Å²) < 4.78 is 2.67. The first-order valence-electron chi connectivity index (χ1n) is 8.74. The number of para-hydroxylation sites is 1. The Morgan fingerprint density at radius 1 is 1.19 bits per heavy atom. The lowest BCUT2D eigenvalue weighted by Gasteiger charge is -2.19. The summed E-state index contributed by atoms with van der Waals surface area (Å²) in [7, 11) is 1.77. The molecule has 0 radical (unpaired) electrons. The van der Waals surface area contributed by atoms with Gasteiger partial charge in [-0.15, -0.1) is 0 Å². The van der Waals surface area contributed by atoms with Crippen LogP contribution in [0, 0.1) is 0 Å². The molecule has 6 nitrogen and oxygen atoms in total. The largest absolute Gasteiger partial charge is 0.278 e. The van der Waals surface area contributed by atoms with E-state index in [1.165, 1.54) is 16.9 Å². The SMILES string of the molecule is CCc1cccc2sc(N(Cc3cccnc3)C(=O)c3ccnn3C)nc12. The van der Waals surface area contributed by atoms with E-state index in [-0.39, 0.29) is 5.91 Å². The highest BCUT2D eigenvalue weighted by atomic mass is 32.1. The second kappa shape index (κ2) is 7.28. The zero-order valence-corrected chi connectivity index (χ0v) is 16.0. The zero-order chi connectivity index (χ0) is 18.8. The van der Waals surface area contributed by atoms with Crippen LogP contribution in [-0.2, 0) is 20.0 Å². The lowest BCUT2D eigenvalue weighted by Crippen LogP contribution is -2.31. The number of pyridine rings is 1. The van der Waals surface area contributed by atoms with Crippen molar-refractivity contribution in [2.75, 3.05) is 4.90 Å². The van der Waals surface area contributed by atoms with Gasteiger partial charge in [0.25, 0.3) is 5.91 Å². The van der Waals surface area contributed by atoms with Gasteiger partial charge >= 0.3 is 0 Å². The van der Waals surface area contributed by atoms with E-state index >= 15 is 0 Å². The number of carbonyl (C=O) groups excluding carboxylic acids is 1. The third-order valence-electron chi connectivity index (χ3n) is 4.45. The van der Waals surface area contributed by atoms with E-state index in [1.807, 2.05) is 24.3 Å². The fraction of sp³-hybridized carbons (Fsp3) is 0.200. The first-order valence-corrected chi connectivity index (χ1v) is 9.56. The number of anilines is 1. The minimum Gasteiger partial charge on any atom is -0.278 e. The molecule has 0 aliphatic carbocycles. The van der Waals surface area contributed by atoms with Crippen LogP contribution in [0.1, 0.15) is 28.5 Å². The third-order valence-corrected chi connectivity index (χ3v) is 5.50. The summed E-state index contributed by atoms with van der Waals surface area (Å²) in [5.74, 6) is -0.129. The fourth-order valence-electron chi connectivity index (χ4n) is 3.02. The summed E-state index contributed by atoms with van der Waals surface area (Å²) in [5.41, 5.74) is 3.62. The van der Waals surface area contributed by atoms with Crippen molar-refractivity contribution in [3.63, 3.8) is 0 Å². The van der Waals surface area contributed by atoms with E-state index in [9.17, 15) is 4.79 Å². The van der Waals surface area contributed by atoms with Crippen molar-refractivity contribution < 1.29 is 4.79 Å². The minimum absolute atomic E-state index is 0.129. The first kappa shape index (κ1) is 17.4. The van der Waals surface area contributed by atoms with Gasteiger partial charge in [-0.2, -0.15) is 5.10 Å². The van der Waals surface area contributed by atoms with Gasteiger partial charge in [-0.25, -0.2) is 4.98 Å². The molecule has 3 heterocycles. The molecule has 0 aliphatic heterocycles. The van der Waals surface area contributed by atoms with Crippen molar-refractivity contribution in [2.45, 2.75) is 19.9 Å². The van der Waals surface area contributed by atoms with Gasteiger partial charge in [-0.05, 0) is 35.7 Å². The first-order chi connectivity index (χ1) is 13.2. The Kier molecular flexibility index (Phi) is 4.68. The van der Waals surface area contributed by atoms with Gasteiger partial charge in [-0.1, -0.05) is 36.5 Å². The molecule has 0 bridgehead atoms. The maximum Gasteiger partial charge on any atom is 0.278 e. The topological polar surface area (TPSA) is 63.9 Å². The van der Waals surface area contributed by atoms with Crippen LogP contribution >= 0.6 is 11.3 Å². The lowest BCUT2D eigenvalue weighted by atomic mass is 10.1. The van der Waals surface area contributed by atoms with Crippen molar-refractivity contribution in [1.29, 1.82) is 0 Å². The Morgan fingerprint density at radius 3 is 2.78 bits per heavy atom. The second-order valence-electron chi connectivity index (χ2n) is 6.21. The van der Waals surface area contributed by atoms with Gasteiger partial charge in [0, 0.05) is 25.6 Å². The third kappa shape index (κ3) is 3.33. The van der Waals surface area contributed by atoms with Gasteiger partial charge in [0.2, 0.25) is 0 Å². The monoisotopic (exact) mass is 377 g/mol. The molecule has 0 aliphatic rings. The highest BCUT2D eigenvalue weighted by molar-refractivity contribution is 7.22. The molecule has 0 spiro atoms. The average Bonchev–Trinajstić information content (AvgIpc) is 3.32. The quantitative estimate of drug-likeness (QED) is 0.530. The number of fused-ring (bicyclic) bond motifs is 1. The Labute approximate surface area is 161 Å². The molecular formula is C20H19N5OS. The molecule has 0 N–H and O–H groups in total. The van der Waals surface area contributed by atoms with Gasteiger partial charge in [0.05, 0.1) is 16.8 Å². The van der Waals surface area contributed by atoms with E-state index in [1.54, 1.807) is 41.3 Å². The molecule has 0 saturated carbocycles. The van der Waals surface area contributed by atoms with Gasteiger partial charge in [0.1, 0.15) is 5.69 Å². The summed E-state index contributed by atoms with van der Waals surface area (Å²) >= 11 is 1.53. The Bertz CT molecular complexity index is 1090. The number of aryl methyl sites for hydroxylation is 2. The van der Waals surface area contributed by atoms with Crippen LogP contribution in [-0.4, -0.2) is 25.7 Å². The number of thiazole rings is 1. The fourth-order valence-corrected chi connectivity index (χ4v) is 4.03. The van der Waals surface area contributed by atoms with Crippen LogP contribution in [0.25, 0.3) is 10.2 Å². The molecule has 4 rings (SSSR count). The summed E-state index contributed by atoms with van der Waals surface area (Å²) in [6, 6.07) is 11.7. The zero-order valence-electron chi connectivity index (χ0n) is 15.2. The van der Waals surface area contributed by atoms with E-state index in [4.69, 9.17) is 4.98 Å². The van der Waals surface area contributed by atoms with Gasteiger partial charge in [-0.3, -0.25) is 19.4 Å². The highest BCUT2D eigenvalue weighted by Gasteiger charge is 2.24. The molecule has 1 amide bonds.